The van der Waals surface area contributed by atoms with Gasteiger partial charge < -0.3 is 10.3 Å². The van der Waals surface area contributed by atoms with Gasteiger partial charge in [0.05, 0.1) is 30.5 Å². The second-order valence-corrected chi connectivity index (χ2v) is 4.32. The third kappa shape index (κ3) is 2.08. The molecule has 0 saturated carbocycles. The van der Waals surface area contributed by atoms with E-state index < -0.39 is 0 Å². The van der Waals surface area contributed by atoms with Gasteiger partial charge >= 0.3 is 0 Å². The van der Waals surface area contributed by atoms with E-state index in [1.54, 1.807) is 37.2 Å². The summed E-state index contributed by atoms with van der Waals surface area (Å²) in [5.41, 5.74) is 9.62. The zero-order chi connectivity index (χ0) is 13.2. The zero-order valence-electron chi connectivity index (χ0n) is 10.6. The summed E-state index contributed by atoms with van der Waals surface area (Å²) in [6.45, 7) is 0.695. The van der Waals surface area contributed by atoms with Crippen LogP contribution in [0.5, 0.6) is 0 Å². The summed E-state index contributed by atoms with van der Waals surface area (Å²) in [4.78, 5) is 8.32. The molecule has 0 saturated heterocycles. The largest absolute Gasteiger partial charge is 0.398 e. The van der Waals surface area contributed by atoms with Crippen molar-refractivity contribution in [1.29, 1.82) is 0 Å². The molecule has 0 atom stereocenters. The van der Waals surface area contributed by atoms with Gasteiger partial charge in [0.2, 0.25) is 0 Å². The SMILES string of the molecule is Cn1nccc1Cn1cncc1-c1cnccc1N. The number of hydrogen-bond acceptors (Lipinski definition) is 4. The Morgan fingerprint density at radius 2 is 2.05 bits per heavy atom. The number of aromatic nitrogens is 5. The smallest absolute Gasteiger partial charge is 0.0954 e. The molecule has 0 unspecified atom stereocenters. The van der Waals surface area contributed by atoms with Gasteiger partial charge in [-0.25, -0.2) is 4.98 Å². The molecule has 2 N–H and O–H groups in total. The van der Waals surface area contributed by atoms with Crippen LogP contribution in [-0.4, -0.2) is 24.3 Å². The first-order valence-electron chi connectivity index (χ1n) is 5.92. The first kappa shape index (κ1) is 11.5. The first-order valence-corrected chi connectivity index (χ1v) is 5.92. The summed E-state index contributed by atoms with van der Waals surface area (Å²) in [5, 5.41) is 4.16. The summed E-state index contributed by atoms with van der Waals surface area (Å²) in [7, 11) is 1.92. The molecule has 3 aromatic heterocycles. The van der Waals surface area contributed by atoms with Gasteiger partial charge in [-0.05, 0) is 12.1 Å². The quantitative estimate of drug-likeness (QED) is 0.764. The fraction of sp³-hybridized carbons (Fsp3) is 0.154. The maximum Gasteiger partial charge on any atom is 0.0954 e. The zero-order valence-corrected chi connectivity index (χ0v) is 10.6. The van der Waals surface area contributed by atoms with Crippen LogP contribution in [-0.2, 0) is 13.6 Å². The van der Waals surface area contributed by atoms with Gasteiger partial charge in [-0.3, -0.25) is 9.67 Å². The number of imidazole rings is 1. The minimum atomic E-state index is 0.695. The van der Waals surface area contributed by atoms with Crippen molar-refractivity contribution < 1.29 is 0 Å². The second kappa shape index (κ2) is 4.56. The Labute approximate surface area is 110 Å². The van der Waals surface area contributed by atoms with Crippen LogP contribution in [0.4, 0.5) is 5.69 Å². The van der Waals surface area contributed by atoms with E-state index in [0.717, 1.165) is 17.0 Å². The number of nitrogen functional groups attached to an aromatic ring is 1. The van der Waals surface area contributed by atoms with Crippen molar-refractivity contribution in [2.24, 2.45) is 7.05 Å². The molecule has 0 spiro atoms. The minimum absolute atomic E-state index is 0.695. The molecule has 3 aromatic rings. The number of anilines is 1. The van der Waals surface area contributed by atoms with Crippen molar-refractivity contribution in [3.8, 4) is 11.3 Å². The summed E-state index contributed by atoms with van der Waals surface area (Å²) in [6, 6.07) is 3.77. The van der Waals surface area contributed by atoms with E-state index in [2.05, 4.69) is 15.1 Å². The van der Waals surface area contributed by atoms with Crippen LogP contribution in [0.15, 0.2) is 43.2 Å². The lowest BCUT2D eigenvalue weighted by molar-refractivity contribution is 0.669. The highest BCUT2D eigenvalue weighted by Crippen LogP contribution is 2.24. The Morgan fingerprint density at radius 3 is 2.79 bits per heavy atom. The van der Waals surface area contributed by atoms with Crippen molar-refractivity contribution in [2.45, 2.75) is 6.54 Å². The molecule has 0 aliphatic rings. The number of aryl methyl sites for hydroxylation is 1. The average Bonchev–Trinajstić information content (AvgIpc) is 3.01. The van der Waals surface area contributed by atoms with Gasteiger partial charge in [0.25, 0.3) is 0 Å². The number of hydrogen-bond donors (Lipinski definition) is 1. The molecular formula is C13H14N6. The second-order valence-electron chi connectivity index (χ2n) is 4.32. The van der Waals surface area contributed by atoms with E-state index in [1.165, 1.54) is 0 Å². The van der Waals surface area contributed by atoms with Crippen LogP contribution >= 0.6 is 0 Å². The molecule has 0 aromatic carbocycles. The maximum absolute atomic E-state index is 5.99. The monoisotopic (exact) mass is 254 g/mol. The Bertz CT molecular complexity index is 696. The number of nitrogens with zero attached hydrogens (tertiary/aromatic N) is 5. The van der Waals surface area contributed by atoms with Gasteiger partial charge in [0, 0.05) is 36.9 Å². The molecule has 0 amide bonds. The lowest BCUT2D eigenvalue weighted by Gasteiger charge is -2.09. The van der Waals surface area contributed by atoms with Crippen molar-refractivity contribution >= 4 is 5.69 Å². The van der Waals surface area contributed by atoms with Gasteiger partial charge in [0.15, 0.2) is 0 Å². The summed E-state index contributed by atoms with van der Waals surface area (Å²) in [5.74, 6) is 0. The highest BCUT2D eigenvalue weighted by molar-refractivity contribution is 5.72. The van der Waals surface area contributed by atoms with Crippen LogP contribution in [0, 0.1) is 0 Å². The number of pyridine rings is 1. The maximum atomic E-state index is 5.99. The van der Waals surface area contributed by atoms with Gasteiger partial charge in [-0.15, -0.1) is 0 Å². The van der Waals surface area contributed by atoms with E-state index >= 15 is 0 Å². The third-order valence-corrected chi connectivity index (χ3v) is 3.10. The molecule has 0 aliphatic heterocycles. The van der Waals surface area contributed by atoms with Crippen LogP contribution < -0.4 is 5.73 Å². The Kier molecular flexibility index (Phi) is 2.75. The third-order valence-electron chi connectivity index (χ3n) is 3.10. The molecule has 96 valence electrons. The predicted molar refractivity (Wildman–Crippen MR) is 72.2 cm³/mol. The topological polar surface area (TPSA) is 74.5 Å². The molecule has 0 aliphatic carbocycles. The fourth-order valence-corrected chi connectivity index (χ4v) is 2.02. The molecule has 6 nitrogen and oxygen atoms in total. The van der Waals surface area contributed by atoms with Gasteiger partial charge in [0.1, 0.15) is 0 Å². The standard InChI is InChI=1S/C13H14N6/c1-18-10(2-5-17-18)8-19-9-16-7-13(19)11-6-15-4-3-12(11)14/h2-7,9H,8H2,1H3,(H2,14,15). The fourth-order valence-electron chi connectivity index (χ4n) is 2.02. The van der Waals surface area contributed by atoms with Crippen molar-refractivity contribution in [1.82, 2.24) is 24.3 Å². The first-order chi connectivity index (χ1) is 9.25. The highest BCUT2D eigenvalue weighted by Gasteiger charge is 2.10. The van der Waals surface area contributed by atoms with E-state index in [-0.39, 0.29) is 0 Å². The Balaban J connectivity index is 2.00. The summed E-state index contributed by atoms with van der Waals surface area (Å²) >= 11 is 0. The summed E-state index contributed by atoms with van der Waals surface area (Å²) < 4.78 is 3.88. The van der Waals surface area contributed by atoms with E-state index in [4.69, 9.17) is 5.73 Å². The van der Waals surface area contributed by atoms with E-state index in [0.29, 0.717) is 12.2 Å². The molecule has 0 radical (unpaired) electrons. The van der Waals surface area contributed by atoms with Gasteiger partial charge in [-0.2, -0.15) is 5.10 Å². The normalized spacial score (nSPS) is 10.8. The van der Waals surface area contributed by atoms with Crippen LogP contribution in [0.3, 0.4) is 0 Å². The number of nitrogens with two attached hydrogens (primary N) is 1. The summed E-state index contributed by atoms with van der Waals surface area (Å²) in [6.07, 6.45) is 8.80. The van der Waals surface area contributed by atoms with Crippen LogP contribution in [0.2, 0.25) is 0 Å². The van der Waals surface area contributed by atoms with E-state index in [9.17, 15) is 0 Å². The van der Waals surface area contributed by atoms with Crippen molar-refractivity contribution in [2.75, 3.05) is 5.73 Å². The molecule has 0 fully saturated rings. The molecule has 0 bridgehead atoms. The predicted octanol–water partition coefficient (Wildman–Crippen LogP) is 1.31. The van der Waals surface area contributed by atoms with Crippen molar-refractivity contribution in [3.05, 3.63) is 48.9 Å². The highest BCUT2D eigenvalue weighted by atomic mass is 15.3. The molecule has 3 heterocycles. The average molecular weight is 254 g/mol. The molecule has 3 rings (SSSR count). The Hall–Kier alpha value is -2.63. The lowest BCUT2D eigenvalue weighted by Crippen LogP contribution is -2.06. The van der Waals surface area contributed by atoms with Crippen LogP contribution in [0.1, 0.15) is 5.69 Å². The van der Waals surface area contributed by atoms with E-state index in [1.807, 2.05) is 22.4 Å². The van der Waals surface area contributed by atoms with Crippen LogP contribution in [0.25, 0.3) is 11.3 Å². The molecular weight excluding hydrogens is 240 g/mol. The Morgan fingerprint density at radius 1 is 1.16 bits per heavy atom. The van der Waals surface area contributed by atoms with Gasteiger partial charge in [-0.1, -0.05) is 0 Å². The molecule has 19 heavy (non-hydrogen) atoms. The van der Waals surface area contributed by atoms with Crippen molar-refractivity contribution in [3.63, 3.8) is 0 Å². The molecule has 6 heteroatoms. The lowest BCUT2D eigenvalue weighted by atomic mass is 10.2. The number of rotatable bonds is 3. The minimum Gasteiger partial charge on any atom is -0.398 e.